The number of benzene rings is 5. The second-order valence-corrected chi connectivity index (χ2v) is 16.7. The lowest BCUT2D eigenvalue weighted by atomic mass is 9.87. The Morgan fingerprint density at radius 2 is 1.40 bits per heavy atom. The van der Waals surface area contributed by atoms with Crippen molar-refractivity contribution in [3.8, 4) is 34.1 Å². The molecule has 0 atom stereocenters. The van der Waals surface area contributed by atoms with E-state index in [1.807, 2.05) is 40.4 Å². The highest BCUT2D eigenvalue weighted by Crippen LogP contribution is 2.44. The molecule has 0 unspecified atom stereocenters. The van der Waals surface area contributed by atoms with Gasteiger partial charge in [-0.3, -0.25) is 4.57 Å². The van der Waals surface area contributed by atoms with Crippen molar-refractivity contribution in [2.24, 2.45) is 0 Å². The van der Waals surface area contributed by atoms with E-state index in [2.05, 4.69) is 155 Å². The molecule has 0 saturated carbocycles. The van der Waals surface area contributed by atoms with Crippen LogP contribution >= 0.6 is 11.3 Å². The van der Waals surface area contributed by atoms with Gasteiger partial charge in [0.25, 0.3) is 0 Å². The normalized spacial score (nSPS) is 12.4. The third-order valence-corrected chi connectivity index (χ3v) is 11.0. The molecule has 4 aromatic heterocycles. The first-order valence-electron chi connectivity index (χ1n) is 17.8. The van der Waals surface area contributed by atoms with Crippen LogP contribution in [0.3, 0.4) is 0 Å². The van der Waals surface area contributed by atoms with Crippen molar-refractivity contribution >= 4 is 53.3 Å². The number of aromatic nitrogens is 4. The average Bonchev–Trinajstić information content (AvgIpc) is 3.84. The van der Waals surface area contributed by atoms with Crippen molar-refractivity contribution in [3.05, 3.63) is 145 Å². The van der Waals surface area contributed by atoms with E-state index in [9.17, 15) is 0 Å². The van der Waals surface area contributed by atoms with Gasteiger partial charge in [-0.05, 0) is 65.1 Å². The van der Waals surface area contributed by atoms with Crippen molar-refractivity contribution in [1.29, 1.82) is 0 Å². The summed E-state index contributed by atoms with van der Waals surface area (Å²) in [5, 5.41) is 9.99. The molecule has 0 N–H and O–H groups in total. The van der Waals surface area contributed by atoms with Crippen LogP contribution in [0.5, 0.6) is 11.5 Å². The summed E-state index contributed by atoms with van der Waals surface area (Å²) >= 11 is 1.84. The SMILES string of the molecule is CC(C)(C)c1ccnc(-n2c3cc(Oc4cccc(-n5cc(-c6ccccc6)c(C(C)(C)C)n5)c4)ccc3c3ccc4sc5ccccc5c4c32)c1. The lowest BCUT2D eigenvalue weighted by Crippen LogP contribution is -2.14. The molecule has 9 aromatic rings. The Bertz CT molecular complexity index is 2790. The van der Waals surface area contributed by atoms with Gasteiger partial charge in [-0.2, -0.15) is 5.10 Å². The second-order valence-electron chi connectivity index (χ2n) is 15.7. The van der Waals surface area contributed by atoms with Crippen LogP contribution in [0.4, 0.5) is 0 Å². The molecule has 0 aliphatic rings. The van der Waals surface area contributed by atoms with Gasteiger partial charge in [-0.25, -0.2) is 9.67 Å². The summed E-state index contributed by atoms with van der Waals surface area (Å²) in [6, 6.07) is 42.7. The molecule has 256 valence electrons. The van der Waals surface area contributed by atoms with Crippen LogP contribution in [-0.4, -0.2) is 19.3 Å². The van der Waals surface area contributed by atoms with Gasteiger partial charge in [0.1, 0.15) is 17.3 Å². The van der Waals surface area contributed by atoms with Gasteiger partial charge in [0.15, 0.2) is 0 Å². The van der Waals surface area contributed by atoms with Gasteiger partial charge in [-0.15, -0.1) is 11.3 Å². The minimum Gasteiger partial charge on any atom is -0.457 e. The monoisotopic (exact) mass is 696 g/mol. The van der Waals surface area contributed by atoms with Gasteiger partial charge in [-0.1, -0.05) is 102 Å². The van der Waals surface area contributed by atoms with E-state index >= 15 is 0 Å². The number of nitrogens with zero attached hydrogens (tertiary/aromatic N) is 4. The Morgan fingerprint density at radius 1 is 0.635 bits per heavy atom. The maximum Gasteiger partial charge on any atom is 0.137 e. The van der Waals surface area contributed by atoms with Crippen LogP contribution in [0.15, 0.2) is 134 Å². The van der Waals surface area contributed by atoms with Crippen LogP contribution < -0.4 is 4.74 Å². The average molecular weight is 697 g/mol. The maximum atomic E-state index is 6.67. The van der Waals surface area contributed by atoms with Crippen LogP contribution in [0, 0.1) is 0 Å². The molecule has 4 heterocycles. The third-order valence-electron chi connectivity index (χ3n) is 9.91. The van der Waals surface area contributed by atoms with Crippen molar-refractivity contribution in [2.75, 3.05) is 0 Å². The van der Waals surface area contributed by atoms with Crippen molar-refractivity contribution < 1.29 is 4.74 Å². The predicted octanol–water partition coefficient (Wildman–Crippen LogP) is 12.8. The van der Waals surface area contributed by atoms with E-state index in [0.29, 0.717) is 0 Å². The molecule has 5 aromatic carbocycles. The van der Waals surface area contributed by atoms with Gasteiger partial charge in [0.2, 0.25) is 0 Å². The first-order chi connectivity index (χ1) is 25.0. The third kappa shape index (κ3) is 5.46. The molecular formula is C46H40N4OS. The van der Waals surface area contributed by atoms with Gasteiger partial charge in [0.05, 0.1) is 22.4 Å². The molecule has 6 heteroatoms. The van der Waals surface area contributed by atoms with Crippen molar-refractivity contribution in [1.82, 2.24) is 19.3 Å². The van der Waals surface area contributed by atoms with Crippen LogP contribution in [-0.2, 0) is 10.8 Å². The Balaban J connectivity index is 1.19. The number of thiophene rings is 1. The molecule has 0 fully saturated rings. The summed E-state index contributed by atoms with van der Waals surface area (Å²) in [5.74, 6) is 2.40. The lowest BCUT2D eigenvalue weighted by Gasteiger charge is -2.20. The zero-order chi connectivity index (χ0) is 35.8. The Hall–Kier alpha value is -5.72. The zero-order valence-corrected chi connectivity index (χ0v) is 31.1. The van der Waals surface area contributed by atoms with E-state index in [0.717, 1.165) is 50.7 Å². The summed E-state index contributed by atoms with van der Waals surface area (Å²) in [6.07, 6.45) is 4.07. The molecule has 5 nitrogen and oxygen atoms in total. The maximum absolute atomic E-state index is 6.67. The fraction of sp³-hybridized carbons (Fsp3) is 0.174. The molecule has 0 spiro atoms. The summed E-state index contributed by atoms with van der Waals surface area (Å²) in [4.78, 5) is 4.99. The van der Waals surface area contributed by atoms with E-state index in [1.165, 1.54) is 36.6 Å². The summed E-state index contributed by atoms with van der Waals surface area (Å²) in [5.41, 5.74) is 7.60. The van der Waals surface area contributed by atoms with E-state index in [4.69, 9.17) is 14.8 Å². The molecule has 0 aliphatic heterocycles. The molecule has 0 saturated heterocycles. The number of pyridine rings is 1. The number of hydrogen-bond acceptors (Lipinski definition) is 4. The van der Waals surface area contributed by atoms with Crippen LogP contribution in [0.1, 0.15) is 52.8 Å². The highest BCUT2D eigenvalue weighted by Gasteiger charge is 2.24. The Kier molecular flexibility index (Phi) is 7.39. The van der Waals surface area contributed by atoms with Gasteiger partial charge >= 0.3 is 0 Å². The van der Waals surface area contributed by atoms with Gasteiger partial charge in [0, 0.05) is 66.4 Å². The van der Waals surface area contributed by atoms with Crippen LogP contribution in [0.2, 0.25) is 0 Å². The minimum atomic E-state index is -0.124. The van der Waals surface area contributed by atoms with E-state index in [-0.39, 0.29) is 10.8 Å². The fourth-order valence-electron chi connectivity index (χ4n) is 7.32. The number of rotatable bonds is 5. The van der Waals surface area contributed by atoms with E-state index in [1.54, 1.807) is 0 Å². The van der Waals surface area contributed by atoms with Crippen molar-refractivity contribution in [3.63, 3.8) is 0 Å². The molecule has 9 rings (SSSR count). The minimum absolute atomic E-state index is 0.0236. The molecule has 0 amide bonds. The lowest BCUT2D eigenvalue weighted by molar-refractivity contribution is 0.482. The molecule has 0 radical (unpaired) electrons. The smallest absolute Gasteiger partial charge is 0.137 e. The summed E-state index contributed by atoms with van der Waals surface area (Å²) in [7, 11) is 0. The Morgan fingerprint density at radius 3 is 2.21 bits per heavy atom. The quantitative estimate of drug-likeness (QED) is 0.180. The first-order valence-corrected chi connectivity index (χ1v) is 18.6. The van der Waals surface area contributed by atoms with Gasteiger partial charge < -0.3 is 4.74 Å². The first kappa shape index (κ1) is 32.2. The van der Waals surface area contributed by atoms with Crippen molar-refractivity contribution in [2.45, 2.75) is 52.4 Å². The predicted molar refractivity (Wildman–Crippen MR) is 218 cm³/mol. The standard InChI is InChI=1S/C46H40N4OS/c1-45(2,3)30-23-24-47-41(25-30)50-38-27-33(19-20-34(38)35-21-22-40-42(43(35)50)36-17-10-11-18-39(36)52-40)51-32-16-12-15-31(26-32)49-28-37(29-13-8-7-9-14-29)44(48-49)46(4,5)6/h7-28H,1-6H3. The summed E-state index contributed by atoms with van der Waals surface area (Å²) in [6.45, 7) is 13.4. The summed E-state index contributed by atoms with van der Waals surface area (Å²) < 4.78 is 13.5. The number of ether oxygens (including phenoxy) is 1. The zero-order valence-electron chi connectivity index (χ0n) is 30.3. The number of hydrogen-bond donors (Lipinski definition) is 0. The molecule has 52 heavy (non-hydrogen) atoms. The Labute approximate surface area is 307 Å². The fourth-order valence-corrected chi connectivity index (χ4v) is 8.42. The second kappa shape index (κ2) is 11.9. The molecule has 0 aliphatic carbocycles. The highest BCUT2D eigenvalue weighted by molar-refractivity contribution is 7.26. The van der Waals surface area contributed by atoms with Crippen LogP contribution in [0.25, 0.3) is 64.6 Å². The topological polar surface area (TPSA) is 44.9 Å². The van der Waals surface area contributed by atoms with E-state index < -0.39 is 0 Å². The largest absolute Gasteiger partial charge is 0.457 e. The number of fused-ring (bicyclic) bond motifs is 7. The molecular weight excluding hydrogens is 657 g/mol. The highest BCUT2D eigenvalue weighted by atomic mass is 32.1. The molecule has 0 bridgehead atoms.